The third kappa shape index (κ3) is 4.18. The molecule has 0 saturated carbocycles. The van der Waals surface area contributed by atoms with Crippen molar-refractivity contribution >= 4 is 16.0 Å². The highest BCUT2D eigenvalue weighted by Crippen LogP contribution is 2.17. The standard InChI is InChI=1S/C17H19NO4S/c1-12-4-7-14(8-5-12)11-18-23(20,21)15-9-6-13(2)16(10-15)17(19)22-3/h4-10,18H,11H2,1-3H3. The van der Waals surface area contributed by atoms with Crippen molar-refractivity contribution in [3.05, 3.63) is 64.7 Å². The molecule has 0 saturated heterocycles. The number of carbonyl (C=O) groups excluding carboxylic acids is 1. The summed E-state index contributed by atoms with van der Waals surface area (Å²) in [7, 11) is -2.44. The first-order valence-electron chi connectivity index (χ1n) is 7.07. The lowest BCUT2D eigenvalue weighted by Crippen LogP contribution is -2.23. The van der Waals surface area contributed by atoms with Crippen molar-refractivity contribution < 1.29 is 17.9 Å². The second-order valence-corrected chi connectivity index (χ2v) is 7.05. The minimum atomic E-state index is -3.71. The van der Waals surface area contributed by atoms with E-state index in [0.717, 1.165) is 11.1 Å². The molecule has 23 heavy (non-hydrogen) atoms. The van der Waals surface area contributed by atoms with Gasteiger partial charge in [0.2, 0.25) is 10.0 Å². The number of aryl methyl sites for hydroxylation is 2. The third-order valence-electron chi connectivity index (χ3n) is 3.51. The molecule has 0 amide bonds. The molecule has 2 aromatic carbocycles. The lowest BCUT2D eigenvalue weighted by Gasteiger charge is -2.10. The van der Waals surface area contributed by atoms with Crippen LogP contribution in [0, 0.1) is 13.8 Å². The van der Waals surface area contributed by atoms with Gasteiger partial charge >= 0.3 is 5.97 Å². The molecule has 0 aliphatic carbocycles. The molecule has 1 N–H and O–H groups in total. The van der Waals surface area contributed by atoms with E-state index in [-0.39, 0.29) is 17.0 Å². The van der Waals surface area contributed by atoms with Crippen LogP contribution in [0.2, 0.25) is 0 Å². The van der Waals surface area contributed by atoms with E-state index >= 15 is 0 Å². The molecule has 122 valence electrons. The number of nitrogens with one attached hydrogen (secondary N) is 1. The first kappa shape index (κ1) is 17.2. The Bertz CT molecular complexity index is 811. The van der Waals surface area contributed by atoms with Crippen LogP contribution >= 0.6 is 0 Å². The second-order valence-electron chi connectivity index (χ2n) is 5.28. The van der Waals surface area contributed by atoms with Gasteiger partial charge in [0.1, 0.15) is 0 Å². The molecule has 0 spiro atoms. The van der Waals surface area contributed by atoms with Gasteiger partial charge in [-0.3, -0.25) is 0 Å². The Labute approximate surface area is 136 Å². The maximum Gasteiger partial charge on any atom is 0.338 e. The fourth-order valence-electron chi connectivity index (χ4n) is 2.07. The van der Waals surface area contributed by atoms with Crippen LogP contribution in [-0.2, 0) is 21.3 Å². The van der Waals surface area contributed by atoms with Crippen molar-refractivity contribution in [2.45, 2.75) is 25.3 Å². The van der Waals surface area contributed by atoms with E-state index in [1.54, 1.807) is 13.0 Å². The quantitative estimate of drug-likeness (QED) is 0.854. The normalized spacial score (nSPS) is 11.3. The molecule has 0 radical (unpaired) electrons. The Morgan fingerprint density at radius 1 is 1.09 bits per heavy atom. The van der Waals surface area contributed by atoms with Gasteiger partial charge < -0.3 is 4.74 Å². The molecule has 6 heteroatoms. The summed E-state index contributed by atoms with van der Waals surface area (Å²) in [5, 5.41) is 0. The van der Waals surface area contributed by atoms with E-state index < -0.39 is 16.0 Å². The van der Waals surface area contributed by atoms with Crippen LogP contribution in [0.4, 0.5) is 0 Å². The zero-order valence-electron chi connectivity index (χ0n) is 13.3. The van der Waals surface area contributed by atoms with Crippen molar-refractivity contribution in [2.75, 3.05) is 7.11 Å². The van der Waals surface area contributed by atoms with Crippen LogP contribution in [0.3, 0.4) is 0 Å². The predicted octanol–water partition coefficient (Wildman–Crippen LogP) is 2.57. The van der Waals surface area contributed by atoms with Crippen molar-refractivity contribution in [1.29, 1.82) is 0 Å². The Morgan fingerprint density at radius 2 is 1.74 bits per heavy atom. The van der Waals surface area contributed by atoms with E-state index in [0.29, 0.717) is 5.56 Å². The number of carbonyl (C=O) groups is 1. The Balaban J connectivity index is 2.22. The molecule has 0 bridgehead atoms. The van der Waals surface area contributed by atoms with Crippen LogP contribution < -0.4 is 4.72 Å². The number of benzene rings is 2. The number of hydrogen-bond donors (Lipinski definition) is 1. The van der Waals surface area contributed by atoms with Crippen LogP contribution in [0.1, 0.15) is 27.0 Å². The van der Waals surface area contributed by atoms with E-state index in [2.05, 4.69) is 9.46 Å². The highest BCUT2D eigenvalue weighted by Gasteiger charge is 2.18. The molecule has 5 nitrogen and oxygen atoms in total. The van der Waals surface area contributed by atoms with Crippen molar-refractivity contribution in [3.63, 3.8) is 0 Å². The summed E-state index contributed by atoms with van der Waals surface area (Å²) in [4.78, 5) is 11.7. The highest BCUT2D eigenvalue weighted by molar-refractivity contribution is 7.89. The number of methoxy groups -OCH3 is 1. The molecule has 0 atom stereocenters. The molecule has 0 fully saturated rings. The SMILES string of the molecule is COC(=O)c1cc(S(=O)(=O)NCc2ccc(C)cc2)ccc1C. The minimum absolute atomic E-state index is 0.0376. The van der Waals surface area contributed by atoms with Gasteiger partial charge in [-0.2, -0.15) is 0 Å². The highest BCUT2D eigenvalue weighted by atomic mass is 32.2. The number of esters is 1. The Kier molecular flexibility index (Phi) is 5.18. The zero-order chi connectivity index (χ0) is 17.0. The van der Waals surface area contributed by atoms with Gasteiger partial charge in [-0.1, -0.05) is 35.9 Å². The molecule has 0 aliphatic rings. The van der Waals surface area contributed by atoms with Crippen molar-refractivity contribution in [2.24, 2.45) is 0 Å². The topological polar surface area (TPSA) is 72.5 Å². The van der Waals surface area contributed by atoms with Gasteiger partial charge in [-0.25, -0.2) is 17.9 Å². The molecular weight excluding hydrogens is 314 g/mol. The Hall–Kier alpha value is -2.18. The molecule has 2 rings (SSSR count). The average molecular weight is 333 g/mol. The number of rotatable bonds is 5. The lowest BCUT2D eigenvalue weighted by atomic mass is 10.1. The van der Waals surface area contributed by atoms with Gasteiger partial charge in [-0.05, 0) is 37.1 Å². The smallest absolute Gasteiger partial charge is 0.338 e. The van der Waals surface area contributed by atoms with Crippen LogP contribution in [-0.4, -0.2) is 21.5 Å². The molecular formula is C17H19NO4S. The Morgan fingerprint density at radius 3 is 2.35 bits per heavy atom. The summed E-state index contributed by atoms with van der Waals surface area (Å²) in [5.41, 5.74) is 2.87. The maximum atomic E-state index is 12.4. The predicted molar refractivity (Wildman–Crippen MR) is 87.7 cm³/mol. The number of sulfonamides is 1. The molecule has 0 heterocycles. The molecule has 2 aromatic rings. The van der Waals surface area contributed by atoms with Crippen LogP contribution in [0.25, 0.3) is 0 Å². The monoisotopic (exact) mass is 333 g/mol. The first-order chi connectivity index (χ1) is 10.8. The fraction of sp³-hybridized carbons (Fsp3) is 0.235. The molecule has 0 aliphatic heterocycles. The molecule has 0 aromatic heterocycles. The summed E-state index contributed by atoms with van der Waals surface area (Å²) in [6, 6.07) is 12.0. The zero-order valence-corrected chi connectivity index (χ0v) is 14.1. The number of hydrogen-bond acceptors (Lipinski definition) is 4. The van der Waals surface area contributed by atoms with E-state index in [9.17, 15) is 13.2 Å². The largest absolute Gasteiger partial charge is 0.465 e. The maximum absolute atomic E-state index is 12.4. The van der Waals surface area contributed by atoms with E-state index in [1.807, 2.05) is 31.2 Å². The van der Waals surface area contributed by atoms with Gasteiger partial charge in [0.25, 0.3) is 0 Å². The second kappa shape index (κ2) is 6.93. The fourth-order valence-corrected chi connectivity index (χ4v) is 3.11. The van der Waals surface area contributed by atoms with E-state index in [1.165, 1.54) is 19.2 Å². The van der Waals surface area contributed by atoms with Gasteiger partial charge in [0.05, 0.1) is 17.6 Å². The van der Waals surface area contributed by atoms with E-state index in [4.69, 9.17) is 0 Å². The summed E-state index contributed by atoms with van der Waals surface area (Å²) in [6.07, 6.45) is 0. The van der Waals surface area contributed by atoms with Crippen LogP contribution in [0.15, 0.2) is 47.4 Å². The summed E-state index contributed by atoms with van der Waals surface area (Å²) in [5.74, 6) is -0.557. The summed E-state index contributed by atoms with van der Waals surface area (Å²) in [6.45, 7) is 3.88. The van der Waals surface area contributed by atoms with Gasteiger partial charge in [0.15, 0.2) is 0 Å². The average Bonchev–Trinajstić information content (AvgIpc) is 2.54. The van der Waals surface area contributed by atoms with Crippen molar-refractivity contribution in [1.82, 2.24) is 4.72 Å². The first-order valence-corrected chi connectivity index (χ1v) is 8.56. The van der Waals surface area contributed by atoms with Crippen molar-refractivity contribution in [3.8, 4) is 0 Å². The van der Waals surface area contributed by atoms with Gasteiger partial charge in [-0.15, -0.1) is 0 Å². The number of ether oxygens (including phenoxy) is 1. The summed E-state index contributed by atoms with van der Waals surface area (Å²) >= 11 is 0. The summed E-state index contributed by atoms with van der Waals surface area (Å²) < 4.78 is 32.0. The molecule has 0 unspecified atom stereocenters. The minimum Gasteiger partial charge on any atom is -0.465 e. The third-order valence-corrected chi connectivity index (χ3v) is 4.91. The lowest BCUT2D eigenvalue weighted by molar-refractivity contribution is 0.0599. The van der Waals surface area contributed by atoms with Gasteiger partial charge in [0, 0.05) is 6.54 Å². The van der Waals surface area contributed by atoms with Crippen LogP contribution in [0.5, 0.6) is 0 Å².